The monoisotopic (exact) mass is 1170 g/mol. The van der Waals surface area contributed by atoms with Crippen LogP contribution >= 0.6 is 0 Å². The van der Waals surface area contributed by atoms with Gasteiger partial charge in [-0.05, 0) is 52.9 Å². The molecular formula is C61H69F3N12O7S. The lowest BCUT2D eigenvalue weighted by molar-refractivity contribution is -0.138. The molecule has 3 aromatic heterocycles. The smallest absolute Gasteiger partial charge is 0.390 e. The van der Waals surface area contributed by atoms with E-state index < -0.39 is 34.6 Å². The van der Waals surface area contributed by atoms with Crippen LogP contribution in [0.1, 0.15) is 29.9 Å². The van der Waals surface area contributed by atoms with E-state index in [0.29, 0.717) is 92.8 Å². The highest BCUT2D eigenvalue weighted by molar-refractivity contribution is 7.93. The fraction of sp³-hybridized carbons (Fsp3) is 0.361. The molecule has 5 aromatic carbocycles. The molecule has 5 heterocycles. The number of sulfonamides is 1. The van der Waals surface area contributed by atoms with Gasteiger partial charge in [-0.2, -0.15) is 23.1 Å². The maximum absolute atomic E-state index is 14.1. The Bertz CT molecular complexity index is 3610. The van der Waals surface area contributed by atoms with Crippen molar-refractivity contribution in [3.05, 3.63) is 145 Å². The van der Waals surface area contributed by atoms with Crippen LogP contribution in [0.3, 0.4) is 0 Å². The van der Waals surface area contributed by atoms with E-state index in [0.717, 1.165) is 72.4 Å². The van der Waals surface area contributed by atoms with Crippen LogP contribution in [-0.2, 0) is 35.6 Å². The number of anilines is 5. The van der Waals surface area contributed by atoms with Crippen LogP contribution in [0.5, 0.6) is 0 Å². The molecule has 8 aromatic rings. The van der Waals surface area contributed by atoms with Gasteiger partial charge in [0.1, 0.15) is 17.5 Å². The van der Waals surface area contributed by atoms with E-state index >= 15 is 0 Å². The lowest BCUT2D eigenvalue weighted by atomic mass is 9.91. The fourth-order valence-electron chi connectivity index (χ4n) is 10.9. The number of fused-ring (bicyclic) bond motifs is 2. The first-order chi connectivity index (χ1) is 40.7. The Morgan fingerprint density at radius 3 is 2.14 bits per heavy atom. The molecule has 0 bridgehead atoms. The Balaban J connectivity index is 0.654. The van der Waals surface area contributed by atoms with E-state index in [1.807, 2.05) is 84.7 Å². The van der Waals surface area contributed by atoms with Gasteiger partial charge in [0.15, 0.2) is 0 Å². The molecule has 2 saturated heterocycles. The molecular weight excluding hydrogens is 1100 g/mol. The van der Waals surface area contributed by atoms with Gasteiger partial charge in [0.05, 0.1) is 51.0 Å². The number of H-pyrrole nitrogens is 1. The van der Waals surface area contributed by atoms with Crippen molar-refractivity contribution in [1.82, 2.24) is 34.7 Å². The summed E-state index contributed by atoms with van der Waals surface area (Å²) in [6, 6.07) is 34.8. The van der Waals surface area contributed by atoms with Crippen LogP contribution in [0.2, 0.25) is 0 Å². The van der Waals surface area contributed by atoms with Gasteiger partial charge in [-0.15, -0.1) is 0 Å². The van der Waals surface area contributed by atoms with Crippen molar-refractivity contribution in [2.75, 3.05) is 131 Å². The molecule has 2 aliphatic rings. The average Bonchev–Trinajstić information content (AvgIpc) is 4.25. The fourth-order valence-corrected chi connectivity index (χ4v) is 12.1. The number of halogens is 3. The maximum Gasteiger partial charge on any atom is 0.390 e. The molecule has 23 heteroatoms. The predicted molar refractivity (Wildman–Crippen MR) is 320 cm³/mol. The molecule has 5 N–H and O–H groups in total. The molecule has 0 amide bonds. The summed E-state index contributed by atoms with van der Waals surface area (Å²) < 4.78 is 86.1. The number of benzene rings is 5. The second-order valence-corrected chi connectivity index (χ2v) is 22.6. The summed E-state index contributed by atoms with van der Waals surface area (Å²) in [5, 5.41) is 18.8. The number of aromatic amines is 1. The number of piperazine rings is 1. The van der Waals surface area contributed by atoms with Gasteiger partial charge in [-0.3, -0.25) is 14.5 Å². The Morgan fingerprint density at radius 2 is 1.39 bits per heavy atom. The van der Waals surface area contributed by atoms with Gasteiger partial charge in [0.25, 0.3) is 10.0 Å². The zero-order valence-electron chi connectivity index (χ0n) is 46.9. The number of hydrogen-bond acceptors (Lipinski definition) is 16. The average molecular weight is 1170 g/mol. The number of carboxylic acid groups (broad SMARTS) is 1. The van der Waals surface area contributed by atoms with Crippen molar-refractivity contribution in [2.24, 2.45) is 0 Å². The van der Waals surface area contributed by atoms with Crippen molar-refractivity contribution in [3.8, 4) is 22.3 Å². The topological polar surface area (TPSA) is 216 Å². The number of nitrogens with one attached hydrogen (secondary N) is 4. The van der Waals surface area contributed by atoms with Gasteiger partial charge in [0, 0.05) is 136 Å². The lowest BCUT2D eigenvalue weighted by Crippen LogP contribution is -2.46. The summed E-state index contributed by atoms with van der Waals surface area (Å²) in [5.74, 6) is -0.441. The highest BCUT2D eigenvalue weighted by Gasteiger charge is 2.42. The van der Waals surface area contributed by atoms with Gasteiger partial charge >= 0.3 is 12.1 Å². The van der Waals surface area contributed by atoms with E-state index in [1.165, 1.54) is 5.56 Å². The number of carboxylic acids is 1. The van der Waals surface area contributed by atoms with Crippen LogP contribution in [0.25, 0.3) is 44.1 Å². The lowest BCUT2D eigenvalue weighted by Gasteiger charge is -2.34. The second-order valence-electron chi connectivity index (χ2n) is 21.0. The predicted octanol–water partition coefficient (Wildman–Crippen LogP) is 9.19. The zero-order chi connectivity index (χ0) is 58.6. The van der Waals surface area contributed by atoms with E-state index in [1.54, 1.807) is 48.8 Å². The number of aliphatic carboxylic acids is 1. The van der Waals surface area contributed by atoms with E-state index in [9.17, 15) is 31.5 Å². The normalized spacial score (nSPS) is 16.1. The molecule has 84 heavy (non-hydrogen) atoms. The summed E-state index contributed by atoms with van der Waals surface area (Å²) in [4.78, 5) is 43.1. The quantitative estimate of drug-likeness (QED) is 0.0303. The Hall–Kier alpha value is -7.93. The number of carbonyl (C=O) groups is 1. The number of ether oxygens (including phenoxy) is 3. The van der Waals surface area contributed by atoms with Gasteiger partial charge in [-0.1, -0.05) is 91.0 Å². The van der Waals surface area contributed by atoms with Crippen molar-refractivity contribution >= 4 is 66.9 Å². The standard InChI is InChI=1S/C61H69F3N12O7S/c1-73(2)53-15-7-14-49-48(53)13-8-16-54(49)84(79,80)72-46-12-6-11-45(37-46)51-39-68-60(71-57(51)76-25-21-47(55(76)58(77)78)43-9-4-3-5-10-43)66-24-31-81-33-35-83-36-34-82-32-30-74-26-28-75(29-27-74)41-42-17-19-44(20-18-42)50-38-67-56-52(50)40-69-59(70-56)65-23-22-61(62,63)64/h3-20,37-40,47,55,72H,21-36,41H2,1-2H3,(H,77,78)(H,66,68,71)(H2,65,67,69,70). The summed E-state index contributed by atoms with van der Waals surface area (Å²) in [6.45, 7) is 8.54. The van der Waals surface area contributed by atoms with E-state index in [2.05, 4.69) is 69.4 Å². The Morgan fingerprint density at radius 1 is 0.714 bits per heavy atom. The number of rotatable bonds is 27. The zero-order valence-corrected chi connectivity index (χ0v) is 47.7. The first-order valence-corrected chi connectivity index (χ1v) is 29.6. The van der Waals surface area contributed by atoms with Gasteiger partial charge in [0.2, 0.25) is 11.9 Å². The van der Waals surface area contributed by atoms with E-state index in [-0.39, 0.29) is 29.3 Å². The molecule has 19 nitrogen and oxygen atoms in total. The molecule has 0 spiro atoms. The van der Waals surface area contributed by atoms with E-state index in [4.69, 9.17) is 19.2 Å². The Kier molecular flexibility index (Phi) is 19.2. The highest BCUT2D eigenvalue weighted by Crippen LogP contribution is 2.41. The molecule has 2 aliphatic heterocycles. The van der Waals surface area contributed by atoms with Crippen LogP contribution in [0.4, 0.5) is 42.3 Å². The molecule has 0 radical (unpaired) electrons. The summed E-state index contributed by atoms with van der Waals surface area (Å²) >= 11 is 0. The first-order valence-electron chi connectivity index (χ1n) is 28.1. The summed E-state index contributed by atoms with van der Waals surface area (Å²) in [5.41, 5.74) is 6.95. The molecule has 2 fully saturated rings. The first kappa shape index (κ1) is 59.2. The minimum atomic E-state index is -4.25. The minimum Gasteiger partial charge on any atom is -0.480 e. The molecule has 0 saturated carbocycles. The third kappa shape index (κ3) is 14.9. The van der Waals surface area contributed by atoms with Crippen LogP contribution in [0.15, 0.2) is 139 Å². The van der Waals surface area contributed by atoms with Crippen LogP contribution in [-0.4, -0.2) is 173 Å². The number of alkyl halides is 3. The van der Waals surface area contributed by atoms with Crippen LogP contribution < -0.4 is 25.2 Å². The number of aromatic nitrogens is 5. The molecule has 0 aliphatic carbocycles. The van der Waals surface area contributed by atoms with Gasteiger partial charge in [-0.25, -0.2) is 23.2 Å². The summed E-state index contributed by atoms with van der Waals surface area (Å²) in [7, 11) is -0.232. The van der Waals surface area contributed by atoms with Crippen molar-refractivity contribution < 1.29 is 45.7 Å². The SMILES string of the molecule is CN(C)c1cccc2c(S(=O)(=O)Nc3cccc(-c4cnc(NCCOCCOCCOCCN5CCN(Cc6ccc(-c7c[nH]c8nc(NCCC(F)(F)F)ncc78)cc6)CC5)nc4N4CCC(c5ccccc5)C4C(=O)O)c3)cccc12. The third-order valence-electron chi connectivity index (χ3n) is 15.1. The molecule has 10 rings (SSSR count). The largest absolute Gasteiger partial charge is 0.480 e. The summed E-state index contributed by atoms with van der Waals surface area (Å²) in [6.07, 6.45) is 0.474. The van der Waals surface area contributed by atoms with Crippen molar-refractivity contribution in [3.63, 3.8) is 0 Å². The third-order valence-corrected chi connectivity index (χ3v) is 16.5. The van der Waals surface area contributed by atoms with Crippen LogP contribution in [0, 0.1) is 0 Å². The van der Waals surface area contributed by atoms with Crippen molar-refractivity contribution in [2.45, 2.75) is 42.4 Å². The van der Waals surface area contributed by atoms with Crippen molar-refractivity contribution in [1.29, 1.82) is 0 Å². The maximum atomic E-state index is 14.1. The highest BCUT2D eigenvalue weighted by atomic mass is 32.2. The second kappa shape index (κ2) is 27.2. The Labute approximate surface area is 486 Å². The molecule has 2 atom stereocenters. The number of hydrogen-bond donors (Lipinski definition) is 5. The molecule has 442 valence electrons. The van der Waals surface area contributed by atoms with Gasteiger partial charge < -0.3 is 44.7 Å². The number of nitrogens with zero attached hydrogens (tertiary/aromatic N) is 8. The minimum absolute atomic E-state index is 0.142. The molecule has 2 unspecified atom stereocenters.